The van der Waals surface area contributed by atoms with E-state index in [0.29, 0.717) is 11.6 Å². The highest BCUT2D eigenvalue weighted by Crippen LogP contribution is 2.23. The van der Waals surface area contributed by atoms with E-state index in [4.69, 9.17) is 16.6 Å². The van der Waals surface area contributed by atoms with Gasteiger partial charge in [0.25, 0.3) is 5.56 Å². The molecular formula is C20H21Cl2N5O. The summed E-state index contributed by atoms with van der Waals surface area (Å²) in [6, 6.07) is 13.3. The van der Waals surface area contributed by atoms with Crippen molar-refractivity contribution in [1.29, 1.82) is 0 Å². The van der Waals surface area contributed by atoms with Crippen LogP contribution < -0.4 is 15.8 Å². The average molecular weight is 418 g/mol. The minimum atomic E-state index is -0.0756. The van der Waals surface area contributed by atoms with Gasteiger partial charge in [-0.15, -0.1) is 12.4 Å². The van der Waals surface area contributed by atoms with E-state index in [9.17, 15) is 4.79 Å². The summed E-state index contributed by atoms with van der Waals surface area (Å²) in [5.74, 6) is 0.676. The molecule has 1 atom stereocenters. The smallest absolute Gasteiger partial charge is 0.255 e. The molecule has 0 amide bonds. The average Bonchev–Trinajstić information content (AvgIpc) is 2.71. The topological polar surface area (TPSA) is 63.1 Å². The molecule has 2 aromatic heterocycles. The Hall–Kier alpha value is -2.41. The molecule has 0 bridgehead atoms. The molecule has 28 heavy (non-hydrogen) atoms. The van der Waals surface area contributed by atoms with E-state index >= 15 is 0 Å². The summed E-state index contributed by atoms with van der Waals surface area (Å²) in [7, 11) is 1.76. The monoisotopic (exact) mass is 417 g/mol. The van der Waals surface area contributed by atoms with E-state index in [1.54, 1.807) is 30.1 Å². The van der Waals surface area contributed by atoms with Gasteiger partial charge in [-0.1, -0.05) is 23.7 Å². The first-order chi connectivity index (χ1) is 13.1. The van der Waals surface area contributed by atoms with Crippen molar-refractivity contribution in [3.63, 3.8) is 0 Å². The molecule has 1 saturated heterocycles. The largest absolute Gasteiger partial charge is 0.339 e. The maximum atomic E-state index is 12.5. The fourth-order valence-electron chi connectivity index (χ4n) is 3.33. The highest BCUT2D eigenvalue weighted by atomic mass is 35.5. The molecule has 1 aliphatic rings. The number of rotatable bonds is 3. The molecule has 1 unspecified atom stereocenters. The van der Waals surface area contributed by atoms with Crippen LogP contribution in [-0.2, 0) is 7.05 Å². The highest BCUT2D eigenvalue weighted by molar-refractivity contribution is 6.30. The summed E-state index contributed by atoms with van der Waals surface area (Å²) in [5, 5.41) is 4.25. The molecule has 0 radical (unpaired) electrons. The quantitative estimate of drug-likeness (QED) is 0.709. The SMILES string of the molecule is Cl.Cn1c(N2CCNC(c3ccc(Cl)cc3)C2)nc(-c2ccncc2)cc1=O. The van der Waals surface area contributed by atoms with Crippen LogP contribution in [0.2, 0.25) is 5.02 Å². The maximum absolute atomic E-state index is 12.5. The zero-order valence-electron chi connectivity index (χ0n) is 15.4. The van der Waals surface area contributed by atoms with Crippen molar-refractivity contribution < 1.29 is 0 Å². The van der Waals surface area contributed by atoms with Crippen molar-refractivity contribution in [2.24, 2.45) is 7.05 Å². The van der Waals surface area contributed by atoms with Crippen molar-refractivity contribution in [3.8, 4) is 11.3 Å². The van der Waals surface area contributed by atoms with Crippen molar-refractivity contribution in [2.75, 3.05) is 24.5 Å². The lowest BCUT2D eigenvalue weighted by Gasteiger charge is -2.35. The Morgan fingerprint density at radius 2 is 1.86 bits per heavy atom. The number of nitrogens with zero attached hydrogens (tertiary/aromatic N) is 4. The minimum absolute atomic E-state index is 0. The van der Waals surface area contributed by atoms with Gasteiger partial charge in [0.05, 0.1) is 5.69 Å². The summed E-state index contributed by atoms with van der Waals surface area (Å²) in [5.41, 5.74) is 2.64. The van der Waals surface area contributed by atoms with Gasteiger partial charge >= 0.3 is 0 Å². The van der Waals surface area contributed by atoms with Crippen molar-refractivity contribution in [1.82, 2.24) is 19.9 Å². The first-order valence-corrected chi connectivity index (χ1v) is 9.22. The van der Waals surface area contributed by atoms with Crippen LogP contribution in [0.3, 0.4) is 0 Å². The van der Waals surface area contributed by atoms with Crippen molar-refractivity contribution in [2.45, 2.75) is 6.04 Å². The minimum Gasteiger partial charge on any atom is -0.339 e. The molecule has 6 nitrogen and oxygen atoms in total. The maximum Gasteiger partial charge on any atom is 0.255 e. The molecule has 146 valence electrons. The van der Waals surface area contributed by atoms with Crippen LogP contribution >= 0.6 is 24.0 Å². The predicted molar refractivity (Wildman–Crippen MR) is 114 cm³/mol. The molecule has 8 heteroatoms. The molecular weight excluding hydrogens is 397 g/mol. The summed E-state index contributed by atoms with van der Waals surface area (Å²) in [6.45, 7) is 2.31. The Balaban J connectivity index is 0.00000225. The van der Waals surface area contributed by atoms with Gasteiger partial charge in [0.2, 0.25) is 5.95 Å². The Labute approximate surface area is 174 Å². The van der Waals surface area contributed by atoms with Gasteiger partial charge in [0, 0.05) is 61.8 Å². The molecule has 1 fully saturated rings. The number of nitrogens with one attached hydrogen (secondary N) is 1. The third-order valence-electron chi connectivity index (χ3n) is 4.82. The number of pyridine rings is 1. The third kappa shape index (κ3) is 4.19. The second kappa shape index (κ2) is 8.73. The summed E-state index contributed by atoms with van der Waals surface area (Å²) >= 11 is 6.01. The first kappa shape index (κ1) is 20.3. The molecule has 0 aliphatic carbocycles. The lowest BCUT2D eigenvalue weighted by atomic mass is 10.0. The molecule has 4 rings (SSSR count). The normalized spacial score (nSPS) is 16.5. The van der Waals surface area contributed by atoms with Crippen molar-refractivity contribution in [3.05, 3.63) is 75.8 Å². The number of aromatic nitrogens is 3. The molecule has 0 saturated carbocycles. The Morgan fingerprint density at radius 3 is 2.57 bits per heavy atom. The molecule has 1 N–H and O–H groups in total. The van der Waals surface area contributed by atoms with Gasteiger partial charge in [-0.2, -0.15) is 0 Å². The summed E-state index contributed by atoms with van der Waals surface area (Å²) in [6.07, 6.45) is 3.41. The lowest BCUT2D eigenvalue weighted by molar-refractivity contribution is 0.462. The van der Waals surface area contributed by atoms with Crippen LogP contribution in [0, 0.1) is 0 Å². The van der Waals surface area contributed by atoms with E-state index in [1.807, 2.05) is 36.4 Å². The van der Waals surface area contributed by atoms with E-state index in [2.05, 4.69) is 15.2 Å². The van der Waals surface area contributed by atoms with Crippen LogP contribution in [0.25, 0.3) is 11.3 Å². The van der Waals surface area contributed by atoms with Gasteiger partial charge in [-0.05, 0) is 29.8 Å². The molecule has 3 aromatic rings. The fraction of sp³-hybridized carbons (Fsp3) is 0.250. The van der Waals surface area contributed by atoms with Crippen LogP contribution in [0.1, 0.15) is 11.6 Å². The zero-order chi connectivity index (χ0) is 18.8. The number of halogens is 2. The van der Waals surface area contributed by atoms with Crippen LogP contribution in [-0.4, -0.2) is 34.2 Å². The number of piperazine rings is 1. The molecule has 1 aliphatic heterocycles. The predicted octanol–water partition coefficient (Wildman–Crippen LogP) is 3.07. The van der Waals surface area contributed by atoms with E-state index in [1.165, 1.54) is 5.56 Å². The lowest BCUT2D eigenvalue weighted by Crippen LogP contribution is -2.47. The number of anilines is 1. The Morgan fingerprint density at radius 1 is 1.14 bits per heavy atom. The molecule has 0 spiro atoms. The van der Waals surface area contributed by atoms with E-state index in [-0.39, 0.29) is 24.0 Å². The van der Waals surface area contributed by atoms with Crippen LogP contribution in [0.4, 0.5) is 5.95 Å². The van der Waals surface area contributed by atoms with Gasteiger partial charge in [0.1, 0.15) is 0 Å². The third-order valence-corrected chi connectivity index (χ3v) is 5.07. The molecule has 1 aromatic carbocycles. The van der Waals surface area contributed by atoms with Crippen LogP contribution in [0.5, 0.6) is 0 Å². The Kier molecular flexibility index (Phi) is 6.34. The summed E-state index contributed by atoms with van der Waals surface area (Å²) < 4.78 is 1.61. The second-order valence-corrected chi connectivity index (χ2v) is 7.02. The zero-order valence-corrected chi connectivity index (χ0v) is 17.0. The Bertz CT molecular complexity index is 992. The number of benzene rings is 1. The fourth-order valence-corrected chi connectivity index (χ4v) is 3.46. The first-order valence-electron chi connectivity index (χ1n) is 8.84. The molecule has 3 heterocycles. The van der Waals surface area contributed by atoms with E-state index < -0.39 is 0 Å². The van der Waals surface area contributed by atoms with Crippen LogP contribution in [0.15, 0.2) is 59.7 Å². The van der Waals surface area contributed by atoms with Gasteiger partial charge in [-0.25, -0.2) is 4.98 Å². The standard InChI is InChI=1S/C20H20ClN5O.ClH/c1-25-19(27)12-17(15-6-8-22-9-7-15)24-20(25)26-11-10-23-18(13-26)14-2-4-16(21)5-3-14;/h2-9,12,18,23H,10-11,13H2,1H3;1H. The van der Waals surface area contributed by atoms with Gasteiger partial charge in [-0.3, -0.25) is 14.3 Å². The highest BCUT2D eigenvalue weighted by Gasteiger charge is 2.24. The number of hydrogen-bond acceptors (Lipinski definition) is 5. The van der Waals surface area contributed by atoms with Gasteiger partial charge in [0.15, 0.2) is 0 Å². The summed E-state index contributed by atoms with van der Waals surface area (Å²) in [4.78, 5) is 23.5. The van der Waals surface area contributed by atoms with E-state index in [0.717, 1.165) is 30.2 Å². The second-order valence-electron chi connectivity index (χ2n) is 6.58. The van der Waals surface area contributed by atoms with Crippen molar-refractivity contribution >= 4 is 30.0 Å². The number of hydrogen-bond donors (Lipinski definition) is 1. The van der Waals surface area contributed by atoms with Gasteiger partial charge < -0.3 is 10.2 Å².